The smallest absolute Gasteiger partial charge is 0.214 e. The third-order valence-corrected chi connectivity index (χ3v) is 6.18. The Balaban J connectivity index is 2.58. The maximum absolute atomic E-state index is 11.7. The fourth-order valence-corrected chi connectivity index (χ4v) is 4.92. The SMILES string of the molecule is CC(N)CNS(=O)(=O)C1CCS(=O)(=O)CC1. The van der Waals surface area contributed by atoms with E-state index in [4.69, 9.17) is 5.73 Å². The molecule has 0 aromatic carbocycles. The first kappa shape index (κ1) is 13.9. The largest absolute Gasteiger partial charge is 0.327 e. The Bertz CT molecular complexity index is 413. The summed E-state index contributed by atoms with van der Waals surface area (Å²) in [6.07, 6.45) is 0.354. The Morgan fingerprint density at radius 3 is 2.31 bits per heavy atom. The van der Waals surface area contributed by atoms with Crippen molar-refractivity contribution in [2.45, 2.75) is 31.1 Å². The van der Waals surface area contributed by atoms with Gasteiger partial charge in [-0.05, 0) is 19.8 Å². The molecule has 1 fully saturated rings. The molecule has 0 spiro atoms. The van der Waals surface area contributed by atoms with Crippen LogP contribution in [0.5, 0.6) is 0 Å². The van der Waals surface area contributed by atoms with Gasteiger partial charge in [0.05, 0.1) is 16.8 Å². The predicted octanol–water partition coefficient (Wildman–Crippen LogP) is -1.17. The second-order valence-electron chi connectivity index (χ2n) is 4.22. The van der Waals surface area contributed by atoms with Gasteiger partial charge in [0.1, 0.15) is 9.84 Å². The van der Waals surface area contributed by atoms with Crippen molar-refractivity contribution in [2.24, 2.45) is 5.73 Å². The number of sulfone groups is 1. The van der Waals surface area contributed by atoms with Crippen molar-refractivity contribution < 1.29 is 16.8 Å². The van der Waals surface area contributed by atoms with Crippen LogP contribution in [0.4, 0.5) is 0 Å². The molecule has 8 heteroatoms. The summed E-state index contributed by atoms with van der Waals surface area (Å²) in [5.41, 5.74) is 5.45. The molecule has 0 radical (unpaired) electrons. The molecule has 0 aliphatic carbocycles. The molecule has 1 aliphatic rings. The van der Waals surface area contributed by atoms with E-state index in [0.717, 1.165) is 0 Å². The van der Waals surface area contributed by atoms with Gasteiger partial charge < -0.3 is 5.73 Å². The van der Waals surface area contributed by atoms with E-state index in [1.165, 1.54) is 0 Å². The molecule has 3 N–H and O–H groups in total. The summed E-state index contributed by atoms with van der Waals surface area (Å²) in [4.78, 5) is 0. The first-order valence-corrected chi connectivity index (χ1v) is 8.54. The monoisotopic (exact) mass is 270 g/mol. The molecule has 1 atom stereocenters. The van der Waals surface area contributed by atoms with E-state index in [1.807, 2.05) is 0 Å². The summed E-state index contributed by atoms with van der Waals surface area (Å²) in [7, 11) is -6.45. The van der Waals surface area contributed by atoms with Crippen LogP contribution in [0, 0.1) is 0 Å². The molecular weight excluding hydrogens is 252 g/mol. The van der Waals surface area contributed by atoms with E-state index in [9.17, 15) is 16.8 Å². The van der Waals surface area contributed by atoms with Crippen molar-refractivity contribution in [1.29, 1.82) is 0 Å². The van der Waals surface area contributed by atoms with Crippen molar-refractivity contribution in [2.75, 3.05) is 18.1 Å². The summed E-state index contributed by atoms with van der Waals surface area (Å²) in [6, 6.07) is -0.248. The van der Waals surface area contributed by atoms with Crippen LogP contribution in [0.15, 0.2) is 0 Å². The number of hydrogen-bond donors (Lipinski definition) is 2. The maximum Gasteiger partial charge on any atom is 0.214 e. The van der Waals surface area contributed by atoms with Crippen molar-refractivity contribution in [3.63, 3.8) is 0 Å². The van der Waals surface area contributed by atoms with Crippen molar-refractivity contribution in [1.82, 2.24) is 4.72 Å². The zero-order chi connectivity index (χ0) is 12.4. The zero-order valence-corrected chi connectivity index (χ0v) is 10.9. The average molecular weight is 270 g/mol. The van der Waals surface area contributed by atoms with E-state index >= 15 is 0 Å². The lowest BCUT2D eigenvalue weighted by molar-refractivity contribution is 0.538. The Kier molecular flexibility index (Phi) is 4.33. The van der Waals surface area contributed by atoms with Crippen molar-refractivity contribution in [3.05, 3.63) is 0 Å². The Hall–Kier alpha value is -0.180. The highest BCUT2D eigenvalue weighted by Crippen LogP contribution is 2.18. The van der Waals surface area contributed by atoms with Gasteiger partial charge in [0.25, 0.3) is 0 Å². The average Bonchev–Trinajstić information content (AvgIpc) is 2.14. The lowest BCUT2D eigenvalue weighted by atomic mass is 10.2. The van der Waals surface area contributed by atoms with Gasteiger partial charge in [0.2, 0.25) is 10.0 Å². The van der Waals surface area contributed by atoms with E-state index in [0.29, 0.717) is 0 Å². The molecule has 0 bridgehead atoms. The summed E-state index contributed by atoms with van der Waals surface area (Å²) >= 11 is 0. The quantitative estimate of drug-likeness (QED) is 0.669. The number of rotatable bonds is 4. The molecule has 0 aromatic heterocycles. The van der Waals surface area contributed by atoms with Crippen LogP contribution in [0.25, 0.3) is 0 Å². The van der Waals surface area contributed by atoms with Crippen LogP contribution >= 0.6 is 0 Å². The summed E-state index contributed by atoms with van der Waals surface area (Å²) in [6.45, 7) is 1.89. The van der Waals surface area contributed by atoms with Crippen LogP contribution in [-0.2, 0) is 19.9 Å². The van der Waals surface area contributed by atoms with E-state index in [-0.39, 0.29) is 36.9 Å². The van der Waals surface area contributed by atoms with Gasteiger partial charge in [-0.3, -0.25) is 0 Å². The second kappa shape index (κ2) is 4.99. The molecule has 1 aliphatic heterocycles. The molecule has 1 saturated heterocycles. The number of sulfonamides is 1. The van der Waals surface area contributed by atoms with Crippen LogP contribution in [0.3, 0.4) is 0 Å². The Labute approximate surface area is 96.6 Å². The highest BCUT2D eigenvalue weighted by atomic mass is 32.2. The van der Waals surface area contributed by atoms with E-state index in [2.05, 4.69) is 4.72 Å². The van der Waals surface area contributed by atoms with Gasteiger partial charge in [-0.1, -0.05) is 0 Å². The Morgan fingerprint density at radius 1 is 1.38 bits per heavy atom. The molecule has 1 heterocycles. The van der Waals surface area contributed by atoms with Gasteiger partial charge in [0, 0.05) is 12.6 Å². The molecule has 0 aromatic rings. The number of hydrogen-bond acceptors (Lipinski definition) is 5. The first-order valence-electron chi connectivity index (χ1n) is 5.17. The molecule has 96 valence electrons. The predicted molar refractivity (Wildman–Crippen MR) is 62.2 cm³/mol. The van der Waals surface area contributed by atoms with Gasteiger partial charge >= 0.3 is 0 Å². The van der Waals surface area contributed by atoms with Crippen molar-refractivity contribution in [3.8, 4) is 0 Å². The van der Waals surface area contributed by atoms with Crippen LogP contribution in [-0.4, -0.2) is 46.2 Å². The van der Waals surface area contributed by atoms with Gasteiger partial charge in [-0.2, -0.15) is 0 Å². The minimum absolute atomic E-state index is 0.0449. The summed E-state index contributed by atoms with van der Waals surface area (Å²) in [5.74, 6) is -0.0898. The third kappa shape index (κ3) is 4.00. The normalized spacial score (nSPS) is 24.1. The number of nitrogens with one attached hydrogen (secondary N) is 1. The minimum Gasteiger partial charge on any atom is -0.327 e. The third-order valence-electron chi connectivity index (χ3n) is 2.55. The molecule has 1 rings (SSSR count). The lowest BCUT2D eigenvalue weighted by Crippen LogP contribution is -2.43. The Morgan fingerprint density at radius 2 is 1.88 bits per heavy atom. The topological polar surface area (TPSA) is 106 Å². The minimum atomic E-state index is -3.42. The van der Waals surface area contributed by atoms with Gasteiger partial charge in [0.15, 0.2) is 0 Å². The molecule has 0 saturated carbocycles. The first-order chi connectivity index (χ1) is 7.23. The molecule has 1 unspecified atom stereocenters. The second-order valence-corrected chi connectivity index (χ2v) is 8.57. The molecule has 0 amide bonds. The van der Waals surface area contributed by atoms with E-state index < -0.39 is 25.1 Å². The fraction of sp³-hybridized carbons (Fsp3) is 1.00. The summed E-state index contributed by atoms with van der Waals surface area (Å²) < 4.78 is 48.2. The molecule has 6 nitrogen and oxygen atoms in total. The van der Waals surface area contributed by atoms with E-state index in [1.54, 1.807) is 6.92 Å². The van der Waals surface area contributed by atoms with Gasteiger partial charge in [-0.25, -0.2) is 21.6 Å². The summed E-state index contributed by atoms with van der Waals surface area (Å²) in [5, 5.41) is -0.602. The molecular formula is C8H18N2O4S2. The highest BCUT2D eigenvalue weighted by molar-refractivity contribution is 7.92. The van der Waals surface area contributed by atoms with Crippen molar-refractivity contribution >= 4 is 19.9 Å². The van der Waals surface area contributed by atoms with Crippen LogP contribution in [0.2, 0.25) is 0 Å². The van der Waals surface area contributed by atoms with Crippen LogP contribution < -0.4 is 10.5 Å². The highest BCUT2D eigenvalue weighted by Gasteiger charge is 2.32. The molecule has 16 heavy (non-hydrogen) atoms. The number of nitrogens with two attached hydrogens (primary N) is 1. The zero-order valence-electron chi connectivity index (χ0n) is 9.22. The van der Waals surface area contributed by atoms with Gasteiger partial charge in [-0.15, -0.1) is 0 Å². The maximum atomic E-state index is 11.7. The standard InChI is InChI=1S/C8H18N2O4S2/c1-7(9)6-10-16(13,14)8-2-4-15(11,12)5-3-8/h7-8,10H,2-6,9H2,1H3. The lowest BCUT2D eigenvalue weighted by Gasteiger charge is -2.22. The van der Waals surface area contributed by atoms with Crippen LogP contribution in [0.1, 0.15) is 19.8 Å². The fourth-order valence-electron chi connectivity index (χ4n) is 1.54.